The van der Waals surface area contributed by atoms with E-state index in [9.17, 15) is 4.79 Å². The van der Waals surface area contributed by atoms with Gasteiger partial charge in [0.1, 0.15) is 0 Å². The van der Waals surface area contributed by atoms with Gasteiger partial charge < -0.3 is 11.5 Å². The smallest absolute Gasteiger partial charge is 0.237 e. The van der Waals surface area contributed by atoms with E-state index in [1.807, 2.05) is 0 Å². The van der Waals surface area contributed by atoms with Gasteiger partial charge in [-0.2, -0.15) is 0 Å². The Labute approximate surface area is 105 Å². The zero-order chi connectivity index (χ0) is 13.1. The van der Waals surface area contributed by atoms with Crippen LogP contribution < -0.4 is 11.5 Å². The average molecular weight is 241 g/mol. The largest absolute Gasteiger partial charge is 0.368 e. The van der Waals surface area contributed by atoms with Crippen molar-refractivity contribution in [3.63, 3.8) is 0 Å². The van der Waals surface area contributed by atoms with Gasteiger partial charge in [-0.25, -0.2) is 0 Å². The van der Waals surface area contributed by atoms with Gasteiger partial charge in [-0.15, -0.1) is 0 Å². The molecular weight excluding hydrogens is 214 g/mol. The van der Waals surface area contributed by atoms with Gasteiger partial charge in [0, 0.05) is 5.54 Å². The van der Waals surface area contributed by atoms with E-state index in [0.29, 0.717) is 12.0 Å². The summed E-state index contributed by atoms with van der Waals surface area (Å²) in [5.74, 6) is -0.404. The first-order valence-electron chi connectivity index (χ1n) is 6.59. The Morgan fingerprint density at radius 1 is 1.41 bits per heavy atom. The molecule has 1 aliphatic heterocycles. The van der Waals surface area contributed by atoms with Crippen LogP contribution in [0.4, 0.5) is 0 Å². The van der Waals surface area contributed by atoms with E-state index in [2.05, 4.69) is 18.7 Å². The summed E-state index contributed by atoms with van der Waals surface area (Å²) in [6.45, 7) is 8.62. The first-order chi connectivity index (χ1) is 7.76. The van der Waals surface area contributed by atoms with Crippen molar-refractivity contribution < 1.29 is 4.79 Å². The molecule has 0 aromatic rings. The maximum absolute atomic E-state index is 11.1. The van der Waals surface area contributed by atoms with E-state index in [4.69, 9.17) is 11.5 Å². The van der Waals surface area contributed by atoms with Crippen LogP contribution in [0.5, 0.6) is 0 Å². The Balaban J connectivity index is 2.23. The fourth-order valence-electron chi connectivity index (χ4n) is 2.50. The normalized spacial score (nSPS) is 23.5. The third-order valence-electron chi connectivity index (χ3n) is 4.01. The van der Waals surface area contributed by atoms with E-state index >= 15 is 0 Å². The van der Waals surface area contributed by atoms with Crippen LogP contribution in [-0.2, 0) is 4.79 Å². The summed E-state index contributed by atoms with van der Waals surface area (Å²) in [6.07, 6.45) is 5.30. The van der Waals surface area contributed by atoms with Crippen molar-refractivity contribution in [2.45, 2.75) is 64.0 Å². The number of hydrogen-bond donors (Lipinski definition) is 2. The van der Waals surface area contributed by atoms with Crippen LogP contribution in [0.25, 0.3) is 0 Å². The first kappa shape index (κ1) is 14.5. The number of unbranched alkanes of at least 4 members (excludes halogenated alkanes) is 1. The predicted octanol–water partition coefficient (Wildman–Crippen LogP) is 1.23. The van der Waals surface area contributed by atoms with E-state index < -0.39 is 11.4 Å². The molecule has 0 aromatic heterocycles. The lowest BCUT2D eigenvalue weighted by molar-refractivity contribution is -0.122. The zero-order valence-electron chi connectivity index (χ0n) is 11.5. The highest BCUT2D eigenvalue weighted by atomic mass is 16.1. The number of amides is 1. The summed E-state index contributed by atoms with van der Waals surface area (Å²) < 4.78 is 0. The Hall–Kier alpha value is -0.610. The summed E-state index contributed by atoms with van der Waals surface area (Å²) in [6, 6.07) is 0. The average Bonchev–Trinajstić information content (AvgIpc) is 2.52. The molecule has 0 saturated carbocycles. The van der Waals surface area contributed by atoms with Crippen LogP contribution in [0.15, 0.2) is 0 Å². The van der Waals surface area contributed by atoms with Gasteiger partial charge in [-0.05, 0) is 66.0 Å². The zero-order valence-corrected chi connectivity index (χ0v) is 11.5. The minimum Gasteiger partial charge on any atom is -0.368 e. The van der Waals surface area contributed by atoms with Crippen LogP contribution in [-0.4, -0.2) is 35.0 Å². The monoisotopic (exact) mass is 241 g/mol. The van der Waals surface area contributed by atoms with Crippen LogP contribution in [0.1, 0.15) is 52.9 Å². The fourth-order valence-corrected chi connectivity index (χ4v) is 2.50. The molecule has 1 amide bonds. The molecule has 0 aromatic carbocycles. The van der Waals surface area contributed by atoms with Crippen LogP contribution >= 0.6 is 0 Å². The Kier molecular flexibility index (Phi) is 4.55. The Morgan fingerprint density at radius 3 is 2.53 bits per heavy atom. The van der Waals surface area contributed by atoms with Crippen molar-refractivity contribution >= 4 is 5.91 Å². The second-order valence-corrected chi connectivity index (χ2v) is 6.14. The first-order valence-corrected chi connectivity index (χ1v) is 6.59. The molecule has 1 fully saturated rings. The Morgan fingerprint density at radius 2 is 2.06 bits per heavy atom. The second kappa shape index (κ2) is 5.36. The van der Waals surface area contributed by atoms with Crippen molar-refractivity contribution in [3.8, 4) is 0 Å². The highest BCUT2D eigenvalue weighted by Gasteiger charge is 2.31. The lowest BCUT2D eigenvalue weighted by Crippen LogP contribution is -2.49. The van der Waals surface area contributed by atoms with Crippen LogP contribution in [0, 0.1) is 0 Å². The molecule has 0 bridgehead atoms. The molecule has 0 spiro atoms. The molecule has 100 valence electrons. The summed E-state index contributed by atoms with van der Waals surface area (Å²) in [5, 5.41) is 0. The van der Waals surface area contributed by atoms with Crippen molar-refractivity contribution in [1.29, 1.82) is 0 Å². The predicted molar refractivity (Wildman–Crippen MR) is 70.5 cm³/mol. The number of carbonyl (C=O) groups excluding carboxylic acids is 1. The van der Waals surface area contributed by atoms with Gasteiger partial charge >= 0.3 is 0 Å². The molecule has 4 N–H and O–H groups in total. The Bertz CT molecular complexity index is 274. The van der Waals surface area contributed by atoms with Crippen LogP contribution in [0.2, 0.25) is 0 Å². The van der Waals surface area contributed by atoms with Gasteiger partial charge in [0.05, 0.1) is 5.54 Å². The number of nitrogens with two attached hydrogens (primary N) is 2. The topological polar surface area (TPSA) is 72.3 Å². The van der Waals surface area contributed by atoms with Crippen molar-refractivity contribution in [3.05, 3.63) is 0 Å². The molecule has 0 aliphatic carbocycles. The summed E-state index contributed by atoms with van der Waals surface area (Å²) in [5.41, 5.74) is 10.6. The van der Waals surface area contributed by atoms with Crippen LogP contribution in [0.3, 0.4) is 0 Å². The van der Waals surface area contributed by atoms with Crippen molar-refractivity contribution in [2.75, 3.05) is 13.1 Å². The van der Waals surface area contributed by atoms with Gasteiger partial charge in [0.15, 0.2) is 0 Å². The van der Waals surface area contributed by atoms with Gasteiger partial charge in [0.25, 0.3) is 0 Å². The van der Waals surface area contributed by atoms with Gasteiger partial charge in [0.2, 0.25) is 5.91 Å². The third kappa shape index (κ3) is 3.96. The summed E-state index contributed by atoms with van der Waals surface area (Å²) >= 11 is 0. The van der Waals surface area contributed by atoms with E-state index in [-0.39, 0.29) is 0 Å². The van der Waals surface area contributed by atoms with E-state index in [1.54, 1.807) is 6.92 Å². The quantitative estimate of drug-likeness (QED) is 0.687. The number of rotatable bonds is 6. The number of hydrogen-bond acceptors (Lipinski definition) is 3. The van der Waals surface area contributed by atoms with E-state index in [1.165, 1.54) is 19.4 Å². The SMILES string of the molecule is CC(N)(CCCCN1CCCC1(C)C)C(N)=O. The molecule has 17 heavy (non-hydrogen) atoms. The molecule has 1 atom stereocenters. The maximum Gasteiger partial charge on any atom is 0.237 e. The van der Waals surface area contributed by atoms with Crippen molar-refractivity contribution in [2.24, 2.45) is 11.5 Å². The summed E-state index contributed by atoms with van der Waals surface area (Å²) in [7, 11) is 0. The summed E-state index contributed by atoms with van der Waals surface area (Å²) in [4.78, 5) is 13.6. The maximum atomic E-state index is 11.1. The van der Waals surface area contributed by atoms with E-state index in [0.717, 1.165) is 19.4 Å². The van der Waals surface area contributed by atoms with Gasteiger partial charge in [-0.3, -0.25) is 9.69 Å². The molecule has 1 saturated heterocycles. The molecule has 0 radical (unpaired) electrons. The molecule has 1 unspecified atom stereocenters. The molecule has 4 heteroatoms. The molecular formula is C13H27N3O. The highest BCUT2D eigenvalue weighted by Crippen LogP contribution is 2.28. The molecule has 1 heterocycles. The second-order valence-electron chi connectivity index (χ2n) is 6.14. The number of carbonyl (C=O) groups is 1. The lowest BCUT2D eigenvalue weighted by Gasteiger charge is -2.31. The molecule has 1 rings (SSSR count). The standard InChI is InChI=1S/C13H27N3O/c1-12(2)7-6-10-16(12)9-5-4-8-13(3,15)11(14)17/h4-10,15H2,1-3H3,(H2,14,17). The minimum absolute atomic E-state index is 0.343. The highest BCUT2D eigenvalue weighted by molar-refractivity contribution is 5.83. The number of likely N-dealkylation sites (tertiary alicyclic amines) is 1. The van der Waals surface area contributed by atoms with Gasteiger partial charge in [-0.1, -0.05) is 0 Å². The minimum atomic E-state index is -0.847. The lowest BCUT2D eigenvalue weighted by atomic mass is 9.95. The van der Waals surface area contributed by atoms with Crippen molar-refractivity contribution in [1.82, 2.24) is 4.90 Å². The molecule has 4 nitrogen and oxygen atoms in total. The number of primary amides is 1. The number of nitrogens with zero attached hydrogens (tertiary/aromatic N) is 1. The fraction of sp³-hybridized carbons (Fsp3) is 0.923. The third-order valence-corrected chi connectivity index (χ3v) is 4.01. The molecule has 1 aliphatic rings.